The number of amides is 15. The fraction of sp³-hybridized carbons (Fsp3) is 0.511. The van der Waals surface area contributed by atoms with Gasteiger partial charge in [0.2, 0.25) is 88.6 Å². The number of phenols is 2. The third kappa shape index (κ3) is 40.1. The van der Waals surface area contributed by atoms with Crippen molar-refractivity contribution in [3.63, 3.8) is 0 Å². The Morgan fingerprint density at radius 3 is 1.46 bits per heavy atom. The number of nitrogens with zero attached hydrogens (tertiary/aromatic N) is 5. The SMILES string of the molecule is CSCC[C@H](NC(=O)[C@@H](N)Cc1ccc(O)cc1)C(=O)N[C@@H](CCCNC(=N)N)C(=O)N[C@H](C(=O)N1CCC[C@H]1C(=O)N[C@@H](CC(=O)O)C(=O)NCC(=O)N[C@@H](CCCNC(=N)N)C(=O)N[C@@H](CSCC(=O)c1ccccc1)C(=O)N[C@@H](CCCCN=[N+]=[N-])C(=O)N1CCC[C@H]1C(=O)N[C@H](C(=O)N[C@@H](Cc1ccccc1)C(=O)N[C@@H](Cc1ccc(O)cc1)C(=O)N[C@@H](CCC(N)=O)C(=O)O)[C@@H](C)O)[C@@H](C)O. The number of azide groups is 1. The average molecular weight is 2010 g/mol. The quantitative estimate of drug-likeness (QED) is 0.00379. The van der Waals surface area contributed by atoms with Gasteiger partial charge < -0.3 is 138 Å². The van der Waals surface area contributed by atoms with Crippen LogP contribution in [0.3, 0.4) is 0 Å². The number of carbonyl (C=O) groups is 18. The number of rotatable bonds is 61. The monoisotopic (exact) mass is 2010 g/mol. The molecular weight excluding hydrogens is 1880 g/mol. The minimum Gasteiger partial charge on any atom is -0.508 e. The van der Waals surface area contributed by atoms with E-state index in [0.29, 0.717) is 22.4 Å². The summed E-state index contributed by atoms with van der Waals surface area (Å²) < 4.78 is 0. The van der Waals surface area contributed by atoms with Crippen molar-refractivity contribution in [2.75, 3.05) is 62.8 Å². The summed E-state index contributed by atoms with van der Waals surface area (Å²) in [7, 11) is 0. The number of benzene rings is 4. The van der Waals surface area contributed by atoms with Gasteiger partial charge in [0.05, 0.1) is 37.0 Å². The second-order valence-electron chi connectivity index (χ2n) is 33.6. The molecule has 2 aliphatic heterocycles. The number of nitrogens with two attached hydrogens (primary N) is 4. The van der Waals surface area contributed by atoms with Crippen LogP contribution in [0.4, 0.5) is 0 Å². The summed E-state index contributed by atoms with van der Waals surface area (Å²) >= 11 is 2.21. The Morgan fingerprint density at radius 2 is 0.936 bits per heavy atom. The first-order chi connectivity index (χ1) is 67.1. The molecule has 30 N–H and O–H groups in total. The standard InChI is InChI=1S/C90H127N25O24S2/c1-49(116)73(85(135)109-64(43-51-16-6-4-7-17-51)81(131)107-63(44-53-27-31-56(119)32-28-53)80(130)106-62(88(138)139)33-34-70(92)121)111-84(134)68-24-14-39-114(68)86(136)61(20-10-11-38-101-113-97)105-82(132)66(47-141-48-69(120)54-18-8-5-9-19-54)110-77(127)58(21-12-36-98-89(93)94)102-71(122)46-100-76(126)65(45-72(123)124)108-83(133)67-23-15-40-115(67)87(137)74(50(2)117)112-79(129)59(22-13-37-99-90(95)96)104-78(128)60(35-41-140-3)103-75(125)57(91)42-52-25-29-55(118)30-26-52/h4-9,16-19,25-32,49-50,57-68,73-74,116-119H,10-15,20-24,33-48,91H2,1-3H3,(H2,92,121)(H,100,126)(H,102,122)(H,103,125)(H,104,128)(H,105,132)(H,106,130)(H,107,131)(H,108,133)(H,109,135)(H,110,127)(H,111,134)(H,112,129)(H,123,124)(H,138,139)(H4,93,94,98)(H4,95,96,99)/t49-,50-,57+,58+,59+,60+,61+,62+,63+,64+,65+,66+,67+,68+,73+,74+/m1/s1. The maximum absolute atomic E-state index is 15.2. The fourth-order valence-corrected chi connectivity index (χ4v) is 16.5. The first-order valence-electron chi connectivity index (χ1n) is 45.6. The molecule has 2 aliphatic rings. The molecule has 2 heterocycles. The molecular formula is C90H127N25O24S2. The number of thioether (sulfide) groups is 2. The molecule has 0 unspecified atom stereocenters. The predicted octanol–water partition coefficient (Wildman–Crippen LogP) is -4.15. The van der Waals surface area contributed by atoms with E-state index in [1.807, 2.05) is 0 Å². The molecule has 0 spiro atoms. The lowest BCUT2D eigenvalue weighted by molar-refractivity contribution is -0.145. The van der Waals surface area contributed by atoms with E-state index in [9.17, 15) is 107 Å². The number of carboxylic acids is 2. The lowest BCUT2D eigenvalue weighted by atomic mass is 10.0. The Hall–Kier alpha value is -14.4. The average Bonchev–Trinajstić information content (AvgIpc) is 1.73. The molecule has 51 heteroatoms. The van der Waals surface area contributed by atoms with E-state index >= 15 is 9.59 Å². The van der Waals surface area contributed by atoms with Crippen molar-refractivity contribution < 1.29 is 117 Å². The van der Waals surface area contributed by atoms with Crippen molar-refractivity contribution >= 4 is 142 Å². The highest BCUT2D eigenvalue weighted by Gasteiger charge is 2.45. The summed E-state index contributed by atoms with van der Waals surface area (Å²) in [6.45, 7) is 0.764. The summed E-state index contributed by atoms with van der Waals surface area (Å²) in [6.07, 6.45) is -4.66. The fourth-order valence-electron chi connectivity index (χ4n) is 15.1. The summed E-state index contributed by atoms with van der Waals surface area (Å²) in [6, 6.07) is 5.00. The number of carboxylic acid groups (broad SMARTS) is 2. The summed E-state index contributed by atoms with van der Waals surface area (Å²) in [4.78, 5) is 257. The number of phenolic OH excluding ortho intramolecular Hbond substituents is 2. The van der Waals surface area contributed by atoms with Crippen LogP contribution < -0.4 is 97.4 Å². The zero-order valence-electron chi connectivity index (χ0n) is 78.1. The molecule has 0 radical (unpaired) electrons. The van der Waals surface area contributed by atoms with Gasteiger partial charge in [0.1, 0.15) is 90.0 Å². The highest BCUT2D eigenvalue weighted by Crippen LogP contribution is 2.25. The Balaban J connectivity index is 1.21. The number of guanidine groups is 2. The Morgan fingerprint density at radius 1 is 0.482 bits per heavy atom. The minimum atomic E-state index is -1.99. The number of carbonyl (C=O) groups excluding carboxylic acids is 16. The minimum absolute atomic E-state index is 0.0181. The number of Topliss-reactive ketones (excluding diaryl/α,β-unsaturated/α-hetero) is 1. The van der Waals surface area contributed by atoms with Crippen LogP contribution >= 0.6 is 23.5 Å². The first kappa shape index (κ1) is 115. The number of hydrogen-bond donors (Lipinski definition) is 26. The first-order valence-corrected chi connectivity index (χ1v) is 48.1. The van der Waals surface area contributed by atoms with Crippen LogP contribution in [0.2, 0.25) is 0 Å². The molecule has 0 saturated carbocycles. The van der Waals surface area contributed by atoms with Gasteiger partial charge in [0.15, 0.2) is 17.7 Å². The lowest BCUT2D eigenvalue weighted by Gasteiger charge is -2.32. The van der Waals surface area contributed by atoms with Gasteiger partial charge in [-0.1, -0.05) is 96.5 Å². The molecule has 0 bridgehead atoms. The third-order valence-corrected chi connectivity index (χ3v) is 24.3. The van der Waals surface area contributed by atoms with Gasteiger partial charge in [0.25, 0.3) is 0 Å². The van der Waals surface area contributed by atoms with Crippen LogP contribution in [0, 0.1) is 10.8 Å². The number of unbranched alkanes of at least 4 members (excludes halogenated alkanes) is 1. The number of hydrogen-bond acceptors (Lipinski definition) is 28. The maximum atomic E-state index is 15.2. The molecule has 141 heavy (non-hydrogen) atoms. The number of nitrogens with one attached hydrogen (secondary N) is 16. The van der Waals surface area contributed by atoms with Crippen molar-refractivity contribution in [2.45, 2.75) is 226 Å². The van der Waals surface area contributed by atoms with Gasteiger partial charge in [-0.05, 0) is 156 Å². The molecule has 4 aromatic rings. The van der Waals surface area contributed by atoms with Crippen LogP contribution in [0.1, 0.15) is 137 Å². The van der Waals surface area contributed by atoms with Gasteiger partial charge in [0, 0.05) is 68.2 Å². The van der Waals surface area contributed by atoms with Gasteiger partial charge in [-0.2, -0.15) is 23.5 Å². The molecule has 6 rings (SSSR count). The zero-order chi connectivity index (χ0) is 104. The number of likely N-dealkylation sites (tertiary alicyclic amines) is 2. The largest absolute Gasteiger partial charge is 0.508 e. The lowest BCUT2D eigenvalue weighted by Crippen LogP contribution is -2.62. The molecule has 2 saturated heterocycles. The normalized spacial score (nSPS) is 16.1. The summed E-state index contributed by atoms with van der Waals surface area (Å²) in [5.74, 6) is -20.4. The second kappa shape index (κ2) is 59.8. The topological polar surface area (TPSA) is 804 Å². The molecule has 49 nitrogen and oxygen atoms in total. The zero-order valence-corrected chi connectivity index (χ0v) is 79.7. The van der Waals surface area contributed by atoms with Crippen molar-refractivity contribution in [3.05, 3.63) is 142 Å². The number of aliphatic hydroxyl groups excluding tert-OH is 2. The van der Waals surface area contributed by atoms with Crippen LogP contribution in [0.15, 0.2) is 114 Å². The molecule has 0 aliphatic carbocycles. The maximum Gasteiger partial charge on any atom is 0.326 e. The van der Waals surface area contributed by atoms with Crippen LogP contribution in [0.5, 0.6) is 11.5 Å². The van der Waals surface area contributed by atoms with E-state index in [1.54, 1.807) is 66.9 Å². The number of primary amides is 1. The Labute approximate surface area is 820 Å². The van der Waals surface area contributed by atoms with Gasteiger partial charge >= 0.3 is 11.9 Å². The Kier molecular flexibility index (Phi) is 48.9. The molecule has 16 atom stereocenters. The predicted molar refractivity (Wildman–Crippen MR) is 514 cm³/mol. The van der Waals surface area contributed by atoms with E-state index in [-0.39, 0.29) is 152 Å². The van der Waals surface area contributed by atoms with E-state index in [2.05, 4.69) is 84.5 Å². The number of aliphatic carboxylic acids is 2. The highest BCUT2D eigenvalue weighted by atomic mass is 32.2. The molecule has 768 valence electrons. The van der Waals surface area contributed by atoms with Crippen molar-refractivity contribution in [2.24, 2.45) is 28.0 Å². The number of aromatic hydroxyl groups is 2. The van der Waals surface area contributed by atoms with Crippen molar-refractivity contribution in [1.29, 1.82) is 10.8 Å². The summed E-state index contributed by atoms with van der Waals surface area (Å²) in [5, 5.41) is 116. The number of aliphatic hydroxyl groups is 2. The molecule has 0 aromatic heterocycles. The van der Waals surface area contributed by atoms with Gasteiger partial charge in [-0.25, -0.2) is 4.79 Å². The molecule has 15 amide bonds. The van der Waals surface area contributed by atoms with Gasteiger partial charge in [-0.15, -0.1) is 0 Å². The van der Waals surface area contributed by atoms with E-state index in [0.717, 1.165) is 35.4 Å². The van der Waals surface area contributed by atoms with E-state index in [1.165, 1.54) is 60.3 Å². The van der Waals surface area contributed by atoms with Crippen LogP contribution in [0.25, 0.3) is 10.4 Å². The molecule has 2 fully saturated rings. The van der Waals surface area contributed by atoms with Crippen molar-refractivity contribution in [1.82, 2.24) is 84.2 Å². The summed E-state index contributed by atoms with van der Waals surface area (Å²) in [5.41, 5.74) is 33.4. The van der Waals surface area contributed by atoms with Crippen molar-refractivity contribution in [3.8, 4) is 11.5 Å². The highest BCUT2D eigenvalue weighted by molar-refractivity contribution is 8.00. The second-order valence-corrected chi connectivity index (χ2v) is 35.7. The van der Waals surface area contributed by atoms with Crippen LogP contribution in [-0.4, -0.2) is 318 Å². The third-order valence-electron chi connectivity index (χ3n) is 22.6. The Bertz CT molecular complexity index is 5030. The number of ketones is 1. The van der Waals surface area contributed by atoms with Crippen LogP contribution in [-0.2, 0) is 101 Å². The van der Waals surface area contributed by atoms with E-state index in [4.69, 9.17) is 39.3 Å². The smallest absolute Gasteiger partial charge is 0.326 e. The molecule has 4 aromatic carbocycles. The van der Waals surface area contributed by atoms with E-state index < -0.39 is 247 Å². The van der Waals surface area contributed by atoms with Gasteiger partial charge in [-0.3, -0.25) is 92.3 Å².